The monoisotopic (exact) mass is 388 g/mol. The minimum Gasteiger partial charge on any atom is -0.497 e. The highest BCUT2D eigenvalue weighted by Crippen LogP contribution is 2.25. The number of ether oxygens (including phenoxy) is 3. The molecule has 0 aromatic heterocycles. The van der Waals surface area contributed by atoms with Gasteiger partial charge in [0, 0.05) is 5.69 Å². The third kappa shape index (κ3) is 5.50. The number of amides is 1. The van der Waals surface area contributed by atoms with Crippen LogP contribution in [0.15, 0.2) is 72.8 Å². The molecule has 0 bridgehead atoms. The van der Waals surface area contributed by atoms with Gasteiger partial charge in [0.1, 0.15) is 23.0 Å². The van der Waals surface area contributed by atoms with E-state index in [-0.39, 0.29) is 5.91 Å². The molecule has 0 saturated carbocycles. The Morgan fingerprint density at radius 1 is 0.862 bits per heavy atom. The van der Waals surface area contributed by atoms with E-state index in [0.717, 1.165) is 5.75 Å². The Morgan fingerprint density at radius 2 is 1.38 bits per heavy atom. The van der Waals surface area contributed by atoms with E-state index in [1.165, 1.54) is 0 Å². The summed E-state index contributed by atoms with van der Waals surface area (Å²) in [5, 5.41) is 11.6. The molecule has 146 valence electrons. The molecule has 1 unspecified atom stereocenters. The molecule has 0 heterocycles. The predicted octanol–water partition coefficient (Wildman–Crippen LogP) is 4.77. The van der Waals surface area contributed by atoms with E-state index in [0.29, 0.717) is 28.5 Å². The number of anilines is 1. The van der Waals surface area contributed by atoms with Crippen LogP contribution in [0.4, 0.5) is 5.69 Å². The molecule has 3 rings (SSSR count). The first kappa shape index (κ1) is 19.8. The molecule has 1 atom stereocenters. The number of benzene rings is 3. The first-order valence-electron chi connectivity index (χ1n) is 8.97. The van der Waals surface area contributed by atoms with E-state index in [4.69, 9.17) is 19.5 Å². The smallest absolute Gasteiger partial charge is 0.265 e. The summed E-state index contributed by atoms with van der Waals surface area (Å²) >= 11 is 0. The standard InChI is InChI=1S/C23H20N2O4/c1-16(23(26)25-18-5-9-19(27-2)10-6-18)28-20-11-13-22(14-12-20)29-21-7-3-17(15-24)4-8-21/h3-14,16H,1-2H3,(H,25,26). The molecular weight excluding hydrogens is 368 g/mol. The van der Waals surface area contributed by atoms with Crippen LogP contribution in [0, 0.1) is 11.3 Å². The minimum absolute atomic E-state index is 0.256. The van der Waals surface area contributed by atoms with E-state index in [1.54, 1.807) is 86.8 Å². The largest absolute Gasteiger partial charge is 0.497 e. The summed E-state index contributed by atoms with van der Waals surface area (Å²) in [5.74, 6) is 2.26. The van der Waals surface area contributed by atoms with Gasteiger partial charge in [-0.2, -0.15) is 5.26 Å². The van der Waals surface area contributed by atoms with Crippen molar-refractivity contribution in [1.29, 1.82) is 5.26 Å². The lowest BCUT2D eigenvalue weighted by Crippen LogP contribution is -2.30. The number of carbonyl (C=O) groups excluding carboxylic acids is 1. The highest BCUT2D eigenvalue weighted by molar-refractivity contribution is 5.94. The van der Waals surface area contributed by atoms with Crippen molar-refractivity contribution >= 4 is 11.6 Å². The lowest BCUT2D eigenvalue weighted by atomic mass is 10.2. The Kier molecular flexibility index (Phi) is 6.33. The Labute approximate surface area is 169 Å². The minimum atomic E-state index is -0.678. The van der Waals surface area contributed by atoms with Crippen LogP contribution < -0.4 is 19.5 Å². The van der Waals surface area contributed by atoms with Crippen molar-refractivity contribution in [3.05, 3.63) is 78.4 Å². The second kappa shape index (κ2) is 9.29. The lowest BCUT2D eigenvalue weighted by Gasteiger charge is -2.15. The van der Waals surface area contributed by atoms with Crippen LogP contribution in [0.1, 0.15) is 12.5 Å². The quantitative estimate of drug-likeness (QED) is 0.631. The van der Waals surface area contributed by atoms with Gasteiger partial charge in [0.05, 0.1) is 18.7 Å². The molecule has 0 aliphatic heterocycles. The Morgan fingerprint density at radius 3 is 1.93 bits per heavy atom. The van der Waals surface area contributed by atoms with Gasteiger partial charge in [-0.1, -0.05) is 0 Å². The van der Waals surface area contributed by atoms with Gasteiger partial charge in [0.25, 0.3) is 5.91 Å². The fourth-order valence-electron chi connectivity index (χ4n) is 2.50. The lowest BCUT2D eigenvalue weighted by molar-refractivity contribution is -0.122. The van der Waals surface area contributed by atoms with E-state index >= 15 is 0 Å². The second-order valence-electron chi connectivity index (χ2n) is 6.19. The molecule has 0 saturated heterocycles. The molecule has 6 heteroatoms. The van der Waals surface area contributed by atoms with E-state index in [2.05, 4.69) is 11.4 Å². The molecular formula is C23H20N2O4. The molecule has 0 radical (unpaired) electrons. The van der Waals surface area contributed by atoms with Gasteiger partial charge in [-0.05, 0) is 79.7 Å². The zero-order valence-electron chi connectivity index (χ0n) is 16.1. The van der Waals surface area contributed by atoms with Crippen LogP contribution in [0.2, 0.25) is 0 Å². The van der Waals surface area contributed by atoms with Gasteiger partial charge in [-0.25, -0.2) is 0 Å². The topological polar surface area (TPSA) is 80.6 Å². The van der Waals surface area contributed by atoms with Crippen LogP contribution in [-0.4, -0.2) is 19.1 Å². The van der Waals surface area contributed by atoms with Crippen LogP contribution in [0.3, 0.4) is 0 Å². The normalized spacial score (nSPS) is 11.1. The van der Waals surface area contributed by atoms with Crippen molar-refractivity contribution < 1.29 is 19.0 Å². The second-order valence-corrected chi connectivity index (χ2v) is 6.19. The summed E-state index contributed by atoms with van der Waals surface area (Å²) in [6.45, 7) is 1.68. The number of nitrogens with zero attached hydrogens (tertiary/aromatic N) is 1. The number of carbonyl (C=O) groups is 1. The third-order valence-corrected chi connectivity index (χ3v) is 4.08. The fraction of sp³-hybridized carbons (Fsp3) is 0.130. The molecule has 0 aliphatic rings. The Hall–Kier alpha value is -3.98. The molecule has 6 nitrogen and oxygen atoms in total. The first-order valence-corrected chi connectivity index (χ1v) is 8.97. The van der Waals surface area contributed by atoms with Gasteiger partial charge in [-0.15, -0.1) is 0 Å². The average Bonchev–Trinajstić information content (AvgIpc) is 2.76. The number of hydrogen-bond acceptors (Lipinski definition) is 5. The van der Waals surface area contributed by atoms with Crippen molar-refractivity contribution in [2.75, 3.05) is 12.4 Å². The zero-order valence-corrected chi connectivity index (χ0v) is 16.1. The summed E-state index contributed by atoms with van der Waals surface area (Å²) in [4.78, 5) is 12.3. The van der Waals surface area contributed by atoms with E-state index in [1.807, 2.05) is 0 Å². The predicted molar refractivity (Wildman–Crippen MR) is 109 cm³/mol. The van der Waals surface area contributed by atoms with Gasteiger partial charge >= 0.3 is 0 Å². The average molecular weight is 388 g/mol. The highest BCUT2D eigenvalue weighted by atomic mass is 16.5. The molecule has 29 heavy (non-hydrogen) atoms. The maximum absolute atomic E-state index is 12.3. The van der Waals surface area contributed by atoms with Gasteiger partial charge in [0.2, 0.25) is 0 Å². The number of hydrogen-bond donors (Lipinski definition) is 1. The molecule has 0 fully saturated rings. The molecule has 3 aromatic carbocycles. The van der Waals surface area contributed by atoms with Crippen molar-refractivity contribution in [3.8, 4) is 29.1 Å². The highest BCUT2D eigenvalue weighted by Gasteiger charge is 2.15. The number of rotatable bonds is 7. The van der Waals surface area contributed by atoms with Gasteiger partial charge in [0.15, 0.2) is 6.10 Å². The molecule has 1 N–H and O–H groups in total. The van der Waals surface area contributed by atoms with Crippen molar-refractivity contribution in [2.45, 2.75) is 13.0 Å². The van der Waals surface area contributed by atoms with E-state index in [9.17, 15) is 4.79 Å². The number of nitrogens with one attached hydrogen (secondary N) is 1. The van der Waals surface area contributed by atoms with Crippen LogP contribution >= 0.6 is 0 Å². The molecule has 1 amide bonds. The number of methoxy groups -OCH3 is 1. The summed E-state index contributed by atoms with van der Waals surface area (Å²) in [5.41, 5.74) is 1.24. The van der Waals surface area contributed by atoms with Crippen molar-refractivity contribution in [2.24, 2.45) is 0 Å². The zero-order chi connectivity index (χ0) is 20.6. The molecule has 0 spiro atoms. The maximum atomic E-state index is 12.3. The summed E-state index contributed by atoms with van der Waals surface area (Å²) in [7, 11) is 1.59. The van der Waals surface area contributed by atoms with Gasteiger partial charge < -0.3 is 19.5 Å². The summed E-state index contributed by atoms with van der Waals surface area (Å²) in [6, 6.07) is 22.9. The van der Waals surface area contributed by atoms with Crippen LogP contribution in [-0.2, 0) is 4.79 Å². The molecule has 0 aliphatic carbocycles. The van der Waals surface area contributed by atoms with Crippen LogP contribution in [0.5, 0.6) is 23.0 Å². The van der Waals surface area contributed by atoms with Crippen LogP contribution in [0.25, 0.3) is 0 Å². The Balaban J connectivity index is 1.55. The first-order chi connectivity index (χ1) is 14.1. The van der Waals surface area contributed by atoms with Crippen molar-refractivity contribution in [1.82, 2.24) is 0 Å². The summed E-state index contributed by atoms with van der Waals surface area (Å²) in [6.07, 6.45) is -0.678. The third-order valence-electron chi connectivity index (χ3n) is 4.08. The Bertz CT molecular complexity index is 991. The van der Waals surface area contributed by atoms with E-state index < -0.39 is 6.10 Å². The fourth-order valence-corrected chi connectivity index (χ4v) is 2.50. The van der Waals surface area contributed by atoms with Gasteiger partial charge in [-0.3, -0.25) is 4.79 Å². The maximum Gasteiger partial charge on any atom is 0.265 e. The summed E-state index contributed by atoms with van der Waals surface area (Å²) < 4.78 is 16.5. The molecule has 3 aromatic rings. The van der Waals surface area contributed by atoms with Crippen molar-refractivity contribution in [3.63, 3.8) is 0 Å². The SMILES string of the molecule is COc1ccc(NC(=O)C(C)Oc2ccc(Oc3ccc(C#N)cc3)cc2)cc1. The number of nitriles is 1.